The van der Waals surface area contributed by atoms with E-state index in [1.807, 2.05) is 0 Å². The SMILES string of the molecule is NC(CN1CCC(NC(=O)C2CCCOC2)CC1)=NO. The maximum absolute atomic E-state index is 12.1. The van der Waals surface area contributed by atoms with Crippen LogP contribution in [0.4, 0.5) is 0 Å². The Morgan fingerprint density at radius 3 is 2.75 bits per heavy atom. The summed E-state index contributed by atoms with van der Waals surface area (Å²) in [6, 6.07) is 0.230. The van der Waals surface area contributed by atoms with Crippen LogP contribution in [0, 0.1) is 5.92 Å². The number of nitrogens with two attached hydrogens (primary N) is 1. The molecule has 1 atom stereocenters. The Hall–Kier alpha value is -1.34. The highest BCUT2D eigenvalue weighted by atomic mass is 16.5. The number of likely N-dealkylation sites (tertiary alicyclic amines) is 1. The van der Waals surface area contributed by atoms with E-state index in [2.05, 4.69) is 15.4 Å². The summed E-state index contributed by atoms with van der Waals surface area (Å²) in [5.74, 6) is 0.366. The molecule has 2 heterocycles. The summed E-state index contributed by atoms with van der Waals surface area (Å²) in [5.41, 5.74) is 5.49. The minimum absolute atomic E-state index is 0.0129. The minimum atomic E-state index is 0.0129. The first-order chi connectivity index (χ1) is 9.69. The number of amides is 1. The number of nitrogens with one attached hydrogen (secondary N) is 1. The molecule has 0 aromatic rings. The van der Waals surface area contributed by atoms with E-state index < -0.39 is 0 Å². The first-order valence-electron chi connectivity index (χ1n) is 7.26. The van der Waals surface area contributed by atoms with Crippen molar-refractivity contribution in [1.82, 2.24) is 10.2 Å². The molecule has 0 spiro atoms. The zero-order valence-corrected chi connectivity index (χ0v) is 11.8. The highest BCUT2D eigenvalue weighted by molar-refractivity contribution is 5.81. The predicted octanol–water partition coefficient (Wildman–Crippen LogP) is -0.260. The van der Waals surface area contributed by atoms with Crippen molar-refractivity contribution in [3.05, 3.63) is 0 Å². The lowest BCUT2D eigenvalue weighted by Gasteiger charge is -2.33. The van der Waals surface area contributed by atoms with Gasteiger partial charge >= 0.3 is 0 Å². The summed E-state index contributed by atoms with van der Waals surface area (Å²) in [7, 11) is 0. The molecule has 0 radical (unpaired) electrons. The van der Waals surface area contributed by atoms with Crippen molar-refractivity contribution < 1.29 is 14.7 Å². The summed E-state index contributed by atoms with van der Waals surface area (Å²) in [5, 5.41) is 14.6. The Morgan fingerprint density at radius 1 is 1.40 bits per heavy atom. The van der Waals surface area contributed by atoms with E-state index in [0.29, 0.717) is 13.2 Å². The monoisotopic (exact) mass is 284 g/mol. The van der Waals surface area contributed by atoms with Crippen LogP contribution in [0.1, 0.15) is 25.7 Å². The number of amidine groups is 1. The van der Waals surface area contributed by atoms with Gasteiger partial charge in [0.2, 0.25) is 5.91 Å². The number of carbonyl (C=O) groups excluding carboxylic acids is 1. The summed E-state index contributed by atoms with van der Waals surface area (Å²) < 4.78 is 5.35. The highest BCUT2D eigenvalue weighted by Crippen LogP contribution is 2.16. The van der Waals surface area contributed by atoms with E-state index in [-0.39, 0.29) is 23.7 Å². The van der Waals surface area contributed by atoms with Gasteiger partial charge in [0.25, 0.3) is 0 Å². The largest absolute Gasteiger partial charge is 0.409 e. The van der Waals surface area contributed by atoms with E-state index in [9.17, 15) is 4.79 Å². The van der Waals surface area contributed by atoms with Crippen LogP contribution in [-0.2, 0) is 9.53 Å². The van der Waals surface area contributed by atoms with Crippen LogP contribution in [0.2, 0.25) is 0 Å². The molecule has 2 aliphatic rings. The average Bonchev–Trinajstić information content (AvgIpc) is 2.50. The lowest BCUT2D eigenvalue weighted by molar-refractivity contribution is -0.130. The smallest absolute Gasteiger partial charge is 0.225 e. The molecule has 2 rings (SSSR count). The Morgan fingerprint density at radius 2 is 2.15 bits per heavy atom. The number of hydrogen-bond acceptors (Lipinski definition) is 5. The first-order valence-corrected chi connectivity index (χ1v) is 7.26. The molecular weight excluding hydrogens is 260 g/mol. The number of oxime groups is 1. The number of nitrogens with zero attached hydrogens (tertiary/aromatic N) is 2. The second kappa shape index (κ2) is 7.44. The van der Waals surface area contributed by atoms with Crippen molar-refractivity contribution in [2.45, 2.75) is 31.7 Å². The molecule has 2 saturated heterocycles. The number of hydrogen-bond donors (Lipinski definition) is 3. The van der Waals surface area contributed by atoms with Gasteiger partial charge in [-0.3, -0.25) is 9.69 Å². The molecule has 7 nitrogen and oxygen atoms in total. The minimum Gasteiger partial charge on any atom is -0.409 e. The van der Waals surface area contributed by atoms with Crippen LogP contribution in [0.3, 0.4) is 0 Å². The second-order valence-corrected chi connectivity index (χ2v) is 5.56. The Labute approximate surface area is 119 Å². The third-order valence-corrected chi connectivity index (χ3v) is 3.98. The molecule has 7 heteroatoms. The van der Waals surface area contributed by atoms with Crippen LogP contribution >= 0.6 is 0 Å². The third kappa shape index (κ3) is 4.35. The van der Waals surface area contributed by atoms with Crippen molar-refractivity contribution in [1.29, 1.82) is 0 Å². The molecule has 0 bridgehead atoms. The summed E-state index contributed by atoms with van der Waals surface area (Å²) in [6.45, 7) is 3.50. The summed E-state index contributed by atoms with van der Waals surface area (Å²) in [6.07, 6.45) is 3.69. The zero-order chi connectivity index (χ0) is 14.4. The molecule has 114 valence electrons. The molecule has 2 fully saturated rings. The van der Waals surface area contributed by atoms with Gasteiger partial charge in [-0.25, -0.2) is 0 Å². The van der Waals surface area contributed by atoms with Crippen LogP contribution in [0.15, 0.2) is 5.16 Å². The van der Waals surface area contributed by atoms with Crippen molar-refractivity contribution >= 4 is 11.7 Å². The highest BCUT2D eigenvalue weighted by Gasteiger charge is 2.26. The van der Waals surface area contributed by atoms with Crippen molar-refractivity contribution in [3.63, 3.8) is 0 Å². The normalized spacial score (nSPS) is 26.4. The van der Waals surface area contributed by atoms with Gasteiger partial charge < -0.3 is 21.0 Å². The fraction of sp³-hybridized carbons (Fsp3) is 0.846. The van der Waals surface area contributed by atoms with Gasteiger partial charge in [-0.05, 0) is 25.7 Å². The van der Waals surface area contributed by atoms with Gasteiger partial charge in [0.1, 0.15) is 0 Å². The van der Waals surface area contributed by atoms with Crippen molar-refractivity contribution in [2.24, 2.45) is 16.8 Å². The second-order valence-electron chi connectivity index (χ2n) is 5.56. The molecule has 2 aliphatic heterocycles. The van der Waals surface area contributed by atoms with Gasteiger partial charge in [-0.2, -0.15) is 0 Å². The molecule has 0 aromatic carbocycles. The fourth-order valence-corrected chi connectivity index (χ4v) is 2.76. The molecule has 0 aliphatic carbocycles. The summed E-state index contributed by atoms with van der Waals surface area (Å²) in [4.78, 5) is 14.2. The number of carbonyl (C=O) groups is 1. The number of ether oxygens (including phenoxy) is 1. The van der Waals surface area contributed by atoms with Gasteiger partial charge in [0.05, 0.1) is 19.1 Å². The molecule has 1 unspecified atom stereocenters. The molecule has 0 aromatic heterocycles. The topological polar surface area (TPSA) is 100 Å². The van der Waals surface area contributed by atoms with E-state index in [1.165, 1.54) is 0 Å². The van der Waals surface area contributed by atoms with E-state index in [1.54, 1.807) is 0 Å². The van der Waals surface area contributed by atoms with Crippen LogP contribution in [-0.4, -0.2) is 60.7 Å². The fourth-order valence-electron chi connectivity index (χ4n) is 2.76. The Kier molecular flexibility index (Phi) is 5.60. The van der Waals surface area contributed by atoms with Gasteiger partial charge in [-0.1, -0.05) is 5.16 Å². The first kappa shape index (κ1) is 15.1. The molecular formula is C13H24N4O3. The van der Waals surface area contributed by atoms with E-state index in [0.717, 1.165) is 45.4 Å². The maximum Gasteiger partial charge on any atom is 0.225 e. The summed E-state index contributed by atoms with van der Waals surface area (Å²) >= 11 is 0. The predicted molar refractivity (Wildman–Crippen MR) is 74.6 cm³/mol. The number of piperidine rings is 1. The Balaban J connectivity index is 1.69. The number of rotatable bonds is 4. The molecule has 20 heavy (non-hydrogen) atoms. The molecule has 1 amide bonds. The van der Waals surface area contributed by atoms with Gasteiger partial charge in [0.15, 0.2) is 5.84 Å². The lowest BCUT2D eigenvalue weighted by Crippen LogP contribution is -2.48. The van der Waals surface area contributed by atoms with E-state index >= 15 is 0 Å². The van der Waals surface area contributed by atoms with Crippen LogP contribution in [0.5, 0.6) is 0 Å². The van der Waals surface area contributed by atoms with Crippen LogP contribution in [0.25, 0.3) is 0 Å². The van der Waals surface area contributed by atoms with Crippen molar-refractivity contribution in [3.8, 4) is 0 Å². The molecule has 0 saturated carbocycles. The van der Waals surface area contributed by atoms with Gasteiger partial charge in [-0.15, -0.1) is 0 Å². The average molecular weight is 284 g/mol. The standard InChI is InChI=1S/C13H24N4O3/c14-12(16-19)8-17-5-3-11(4-6-17)15-13(18)10-2-1-7-20-9-10/h10-11,19H,1-9H2,(H2,14,16)(H,15,18). The van der Waals surface area contributed by atoms with E-state index in [4.69, 9.17) is 15.7 Å². The zero-order valence-electron chi connectivity index (χ0n) is 11.8. The third-order valence-electron chi connectivity index (χ3n) is 3.98. The van der Waals surface area contributed by atoms with Gasteiger partial charge in [0, 0.05) is 25.7 Å². The Bertz CT molecular complexity index is 348. The quantitative estimate of drug-likeness (QED) is 0.286. The maximum atomic E-state index is 12.1. The molecule has 4 N–H and O–H groups in total. The lowest BCUT2D eigenvalue weighted by atomic mass is 9.99. The van der Waals surface area contributed by atoms with Crippen LogP contribution < -0.4 is 11.1 Å². The van der Waals surface area contributed by atoms with Crippen molar-refractivity contribution in [2.75, 3.05) is 32.8 Å².